The van der Waals surface area contributed by atoms with Crippen molar-refractivity contribution in [1.29, 1.82) is 0 Å². The Labute approximate surface area is 322 Å². The largest absolute Gasteiger partial charge is 0.309 e. The van der Waals surface area contributed by atoms with Gasteiger partial charge in [0.05, 0.1) is 5.69 Å². The Kier molecular flexibility index (Phi) is 8.24. The van der Waals surface area contributed by atoms with Gasteiger partial charge in [0, 0.05) is 22.3 Å². The van der Waals surface area contributed by atoms with Crippen LogP contribution in [0.5, 0.6) is 0 Å². The van der Waals surface area contributed by atoms with Crippen LogP contribution in [0.1, 0.15) is 0 Å². The lowest BCUT2D eigenvalue weighted by atomic mass is 9.87. The highest BCUT2D eigenvalue weighted by molar-refractivity contribution is 6.24. The molecule has 10 aromatic rings. The van der Waals surface area contributed by atoms with Gasteiger partial charge >= 0.3 is 0 Å². The van der Waals surface area contributed by atoms with Crippen LogP contribution < -0.4 is 4.90 Å². The first-order valence-electron chi connectivity index (χ1n) is 18.9. The summed E-state index contributed by atoms with van der Waals surface area (Å²) in [5, 5.41) is 7.33. The van der Waals surface area contributed by atoms with Gasteiger partial charge in [-0.05, 0) is 96.2 Å². The van der Waals surface area contributed by atoms with Crippen molar-refractivity contribution in [1.82, 2.24) is 0 Å². The highest BCUT2D eigenvalue weighted by Crippen LogP contribution is 2.51. The number of nitrogens with zero attached hydrogens (tertiary/aromatic N) is 1. The van der Waals surface area contributed by atoms with Gasteiger partial charge in [0.2, 0.25) is 0 Å². The standard InChI is InChI=1S/C54H37N/c1-4-18-38(19-5-1)42-26-16-27-45(35-42)55(46-36-43(39-20-6-2-7-21-39)34-44(37-46)40-22-8-3-9-23-40)54-52-32-15-13-30-49(52)48-29-12-14-31-51(48)53(54)50-33-17-25-41-24-10-11-28-47(41)50/h1-37H. The van der Waals surface area contributed by atoms with Crippen LogP contribution in [0, 0.1) is 0 Å². The Morgan fingerprint density at radius 3 is 1.33 bits per heavy atom. The predicted octanol–water partition coefficient (Wildman–Crippen LogP) is 15.3. The van der Waals surface area contributed by atoms with Crippen LogP contribution in [-0.4, -0.2) is 0 Å². The van der Waals surface area contributed by atoms with Gasteiger partial charge in [0.15, 0.2) is 0 Å². The molecule has 0 heterocycles. The molecule has 10 aromatic carbocycles. The number of hydrogen-bond acceptors (Lipinski definition) is 1. The minimum Gasteiger partial charge on any atom is -0.309 e. The number of fused-ring (bicyclic) bond motifs is 4. The maximum Gasteiger partial charge on any atom is 0.0625 e. The molecular formula is C54H37N. The highest BCUT2D eigenvalue weighted by Gasteiger charge is 2.25. The lowest BCUT2D eigenvalue weighted by molar-refractivity contribution is 1.30. The Bertz CT molecular complexity index is 2900. The van der Waals surface area contributed by atoms with E-state index in [1.165, 1.54) is 65.7 Å². The van der Waals surface area contributed by atoms with Crippen LogP contribution in [0.15, 0.2) is 224 Å². The van der Waals surface area contributed by atoms with Gasteiger partial charge in [0.1, 0.15) is 0 Å². The van der Waals surface area contributed by atoms with Crippen molar-refractivity contribution >= 4 is 49.4 Å². The zero-order valence-corrected chi connectivity index (χ0v) is 30.3. The van der Waals surface area contributed by atoms with Gasteiger partial charge in [-0.2, -0.15) is 0 Å². The molecule has 0 aliphatic rings. The minimum absolute atomic E-state index is 1.09. The first-order chi connectivity index (χ1) is 27.3. The molecule has 0 aliphatic carbocycles. The first-order valence-corrected chi connectivity index (χ1v) is 18.9. The van der Waals surface area contributed by atoms with E-state index in [0.717, 1.165) is 28.2 Å². The van der Waals surface area contributed by atoms with E-state index < -0.39 is 0 Å². The van der Waals surface area contributed by atoms with Crippen LogP contribution in [0.4, 0.5) is 17.1 Å². The van der Waals surface area contributed by atoms with Crippen molar-refractivity contribution in [2.75, 3.05) is 4.90 Å². The molecule has 0 fully saturated rings. The summed E-state index contributed by atoms with van der Waals surface area (Å²) in [5.41, 5.74) is 12.8. The third-order valence-corrected chi connectivity index (χ3v) is 10.8. The average Bonchev–Trinajstić information content (AvgIpc) is 3.27. The molecule has 0 aliphatic heterocycles. The molecule has 0 atom stereocenters. The molecule has 1 heteroatoms. The van der Waals surface area contributed by atoms with Crippen molar-refractivity contribution in [3.8, 4) is 44.5 Å². The molecule has 55 heavy (non-hydrogen) atoms. The molecule has 0 bridgehead atoms. The molecule has 0 spiro atoms. The summed E-state index contributed by atoms with van der Waals surface area (Å²) in [7, 11) is 0. The van der Waals surface area contributed by atoms with Crippen LogP contribution in [-0.2, 0) is 0 Å². The van der Waals surface area contributed by atoms with Crippen molar-refractivity contribution in [2.24, 2.45) is 0 Å². The molecule has 0 unspecified atom stereocenters. The summed E-state index contributed by atoms with van der Waals surface area (Å²) < 4.78 is 0. The number of anilines is 3. The van der Waals surface area contributed by atoms with Crippen LogP contribution in [0.2, 0.25) is 0 Å². The fourth-order valence-electron chi connectivity index (χ4n) is 8.27. The van der Waals surface area contributed by atoms with E-state index in [1.807, 2.05) is 0 Å². The van der Waals surface area contributed by atoms with Crippen LogP contribution >= 0.6 is 0 Å². The number of rotatable bonds is 7. The molecular weight excluding hydrogens is 663 g/mol. The van der Waals surface area contributed by atoms with E-state index in [1.54, 1.807) is 0 Å². The summed E-state index contributed by atoms with van der Waals surface area (Å²) in [4.78, 5) is 2.52. The van der Waals surface area contributed by atoms with Crippen molar-refractivity contribution in [3.05, 3.63) is 224 Å². The van der Waals surface area contributed by atoms with Crippen molar-refractivity contribution in [2.45, 2.75) is 0 Å². The molecule has 0 radical (unpaired) electrons. The second-order valence-electron chi connectivity index (χ2n) is 14.1. The summed E-state index contributed by atoms with van der Waals surface area (Å²) in [6.07, 6.45) is 0. The minimum atomic E-state index is 1.09. The monoisotopic (exact) mass is 699 g/mol. The molecule has 1 nitrogen and oxygen atoms in total. The van der Waals surface area contributed by atoms with E-state index in [2.05, 4.69) is 229 Å². The van der Waals surface area contributed by atoms with Gasteiger partial charge in [-0.1, -0.05) is 194 Å². The number of benzene rings is 10. The smallest absolute Gasteiger partial charge is 0.0625 e. The Balaban J connectivity index is 1.38. The van der Waals surface area contributed by atoms with Crippen molar-refractivity contribution < 1.29 is 0 Å². The van der Waals surface area contributed by atoms with Gasteiger partial charge < -0.3 is 4.90 Å². The van der Waals surface area contributed by atoms with Crippen molar-refractivity contribution in [3.63, 3.8) is 0 Å². The topological polar surface area (TPSA) is 3.24 Å². The summed E-state index contributed by atoms with van der Waals surface area (Å²) in [6.45, 7) is 0. The Morgan fingerprint density at radius 1 is 0.255 bits per heavy atom. The molecule has 0 saturated heterocycles. The van der Waals surface area contributed by atoms with E-state index in [0.29, 0.717) is 0 Å². The van der Waals surface area contributed by atoms with E-state index in [9.17, 15) is 0 Å². The summed E-state index contributed by atoms with van der Waals surface area (Å²) in [6, 6.07) is 81.7. The molecule has 0 aromatic heterocycles. The van der Waals surface area contributed by atoms with E-state index in [4.69, 9.17) is 0 Å². The van der Waals surface area contributed by atoms with E-state index in [-0.39, 0.29) is 0 Å². The zero-order valence-electron chi connectivity index (χ0n) is 30.3. The fourth-order valence-corrected chi connectivity index (χ4v) is 8.27. The van der Waals surface area contributed by atoms with Gasteiger partial charge in [-0.15, -0.1) is 0 Å². The number of hydrogen-bond donors (Lipinski definition) is 0. The molecule has 0 amide bonds. The lowest BCUT2D eigenvalue weighted by Gasteiger charge is -2.32. The highest BCUT2D eigenvalue weighted by atomic mass is 15.1. The fraction of sp³-hybridized carbons (Fsp3) is 0. The average molecular weight is 700 g/mol. The molecule has 258 valence electrons. The first kappa shape index (κ1) is 32.4. The predicted molar refractivity (Wildman–Crippen MR) is 235 cm³/mol. The summed E-state index contributed by atoms with van der Waals surface area (Å²) in [5.74, 6) is 0. The Hall–Kier alpha value is -7.22. The third-order valence-electron chi connectivity index (χ3n) is 10.8. The Morgan fingerprint density at radius 2 is 0.691 bits per heavy atom. The third kappa shape index (κ3) is 5.93. The van der Waals surface area contributed by atoms with Gasteiger partial charge in [0.25, 0.3) is 0 Å². The van der Waals surface area contributed by atoms with Crippen LogP contribution in [0.25, 0.3) is 76.8 Å². The maximum atomic E-state index is 2.52. The van der Waals surface area contributed by atoms with Crippen LogP contribution in [0.3, 0.4) is 0 Å². The molecule has 0 saturated carbocycles. The maximum absolute atomic E-state index is 2.52. The van der Waals surface area contributed by atoms with E-state index >= 15 is 0 Å². The lowest BCUT2D eigenvalue weighted by Crippen LogP contribution is -2.13. The second-order valence-corrected chi connectivity index (χ2v) is 14.1. The second kappa shape index (κ2) is 14.0. The quantitative estimate of drug-likeness (QED) is 0.150. The molecule has 0 N–H and O–H groups in total. The summed E-state index contributed by atoms with van der Waals surface area (Å²) >= 11 is 0. The normalized spacial score (nSPS) is 11.3. The molecule has 10 rings (SSSR count). The van der Waals surface area contributed by atoms with Gasteiger partial charge in [-0.25, -0.2) is 0 Å². The SMILES string of the molecule is c1ccc(-c2cccc(N(c3cc(-c4ccccc4)cc(-c4ccccc4)c3)c3c(-c4cccc5ccccc45)c4ccccc4c4ccccc34)c2)cc1. The zero-order chi connectivity index (χ0) is 36.6. The van der Waals surface area contributed by atoms with Gasteiger partial charge in [-0.3, -0.25) is 0 Å².